The Morgan fingerprint density at radius 3 is 2.60 bits per heavy atom. The first kappa shape index (κ1) is 12.2. The van der Waals surface area contributed by atoms with Gasteiger partial charge in [0, 0.05) is 25.1 Å². The van der Waals surface area contributed by atoms with Gasteiger partial charge >= 0.3 is 0 Å². The van der Waals surface area contributed by atoms with E-state index in [4.69, 9.17) is 0 Å². The molecule has 1 aromatic rings. The van der Waals surface area contributed by atoms with Crippen LogP contribution in [-0.2, 0) is 16.3 Å². The number of rotatable bonds is 4. The second-order valence-electron chi connectivity index (χ2n) is 4.13. The molecule has 0 radical (unpaired) electrons. The second kappa shape index (κ2) is 3.94. The lowest BCUT2D eigenvalue weighted by atomic mass is 10.0. The molecule has 0 aliphatic rings. The Balaban J connectivity index is 2.81. The fourth-order valence-corrected chi connectivity index (χ4v) is 1.66. The summed E-state index contributed by atoms with van der Waals surface area (Å²) < 4.78 is 21.7. The molecule has 1 rings (SSSR count). The molecule has 0 amide bonds. The zero-order chi connectivity index (χ0) is 11.7. The van der Waals surface area contributed by atoms with E-state index in [0.717, 1.165) is 6.26 Å². The normalized spacial score (nSPS) is 15.2. The van der Waals surface area contributed by atoms with Crippen LogP contribution in [0.5, 0.6) is 0 Å². The van der Waals surface area contributed by atoms with E-state index in [9.17, 15) is 13.5 Å². The number of nitrogens with one attached hydrogen (secondary N) is 1. The number of nitrogens with zero attached hydrogens (tertiary/aromatic N) is 1. The van der Waals surface area contributed by atoms with Crippen LogP contribution in [-0.4, -0.2) is 40.6 Å². The highest BCUT2D eigenvalue weighted by molar-refractivity contribution is 7.92. The van der Waals surface area contributed by atoms with Gasteiger partial charge in [-0.15, -0.1) is 0 Å². The zero-order valence-electron chi connectivity index (χ0n) is 9.06. The highest BCUT2D eigenvalue weighted by Gasteiger charge is 2.38. The van der Waals surface area contributed by atoms with Crippen molar-refractivity contribution in [1.82, 2.24) is 9.97 Å². The molecule has 0 spiro atoms. The van der Waals surface area contributed by atoms with E-state index in [0.29, 0.717) is 5.82 Å². The van der Waals surface area contributed by atoms with Crippen molar-refractivity contribution in [3.8, 4) is 0 Å². The van der Waals surface area contributed by atoms with Crippen LogP contribution < -0.4 is 0 Å². The van der Waals surface area contributed by atoms with Gasteiger partial charge in [0.1, 0.15) is 5.82 Å². The minimum absolute atomic E-state index is 0.201. The van der Waals surface area contributed by atoms with Crippen LogP contribution in [0.25, 0.3) is 0 Å². The largest absolute Gasteiger partial charge is 0.391 e. The summed E-state index contributed by atoms with van der Waals surface area (Å²) in [5.74, 6) is 0.583. The van der Waals surface area contributed by atoms with Crippen molar-refractivity contribution in [2.24, 2.45) is 0 Å². The van der Waals surface area contributed by atoms with Gasteiger partial charge in [0.15, 0.2) is 9.84 Å². The van der Waals surface area contributed by atoms with E-state index in [-0.39, 0.29) is 6.42 Å². The SMILES string of the molecule is CC(C)(C(O)Cc1ncc[nH]1)S(C)(=O)=O. The lowest BCUT2D eigenvalue weighted by Gasteiger charge is -2.27. The summed E-state index contributed by atoms with van der Waals surface area (Å²) >= 11 is 0. The molecule has 1 unspecified atom stereocenters. The summed E-state index contributed by atoms with van der Waals surface area (Å²) in [6, 6.07) is 0. The van der Waals surface area contributed by atoms with E-state index in [1.807, 2.05) is 0 Å². The maximum Gasteiger partial charge on any atom is 0.155 e. The molecule has 0 saturated carbocycles. The van der Waals surface area contributed by atoms with Gasteiger partial charge < -0.3 is 10.1 Å². The molecule has 1 heterocycles. The number of sulfone groups is 1. The predicted octanol–water partition coefficient (Wildman–Crippen LogP) is 0.136. The molecule has 6 heteroatoms. The number of H-pyrrole nitrogens is 1. The fraction of sp³-hybridized carbons (Fsp3) is 0.667. The first-order valence-electron chi connectivity index (χ1n) is 4.61. The Bertz CT molecular complexity index is 409. The highest BCUT2D eigenvalue weighted by Crippen LogP contribution is 2.22. The van der Waals surface area contributed by atoms with Gasteiger partial charge in [-0.3, -0.25) is 0 Å². The average molecular weight is 232 g/mol. The van der Waals surface area contributed by atoms with E-state index in [1.165, 1.54) is 13.8 Å². The van der Waals surface area contributed by atoms with Crippen molar-refractivity contribution >= 4 is 9.84 Å². The van der Waals surface area contributed by atoms with Crippen molar-refractivity contribution in [2.45, 2.75) is 31.1 Å². The van der Waals surface area contributed by atoms with E-state index >= 15 is 0 Å². The lowest BCUT2D eigenvalue weighted by Crippen LogP contribution is -2.44. The molecule has 0 aliphatic carbocycles. The second-order valence-corrected chi connectivity index (χ2v) is 6.73. The third-order valence-corrected chi connectivity index (χ3v) is 4.88. The summed E-state index contributed by atoms with van der Waals surface area (Å²) in [6.45, 7) is 3.02. The van der Waals surface area contributed by atoms with E-state index in [1.54, 1.807) is 12.4 Å². The Kier molecular flexibility index (Phi) is 3.20. The van der Waals surface area contributed by atoms with Crippen LogP contribution in [0.4, 0.5) is 0 Å². The maximum absolute atomic E-state index is 11.4. The summed E-state index contributed by atoms with van der Waals surface area (Å²) in [5.41, 5.74) is 0. The van der Waals surface area contributed by atoms with Gasteiger partial charge in [-0.1, -0.05) is 0 Å². The molecule has 5 nitrogen and oxygen atoms in total. The van der Waals surface area contributed by atoms with E-state index < -0.39 is 20.7 Å². The Hall–Kier alpha value is -0.880. The topological polar surface area (TPSA) is 83.1 Å². The molecule has 0 fully saturated rings. The molecule has 0 bridgehead atoms. The molecule has 0 aromatic carbocycles. The summed E-state index contributed by atoms with van der Waals surface area (Å²) in [7, 11) is -3.30. The molecule has 1 aromatic heterocycles. The minimum Gasteiger partial charge on any atom is -0.391 e. The van der Waals surface area contributed by atoms with Gasteiger partial charge in [-0.2, -0.15) is 0 Å². The number of aromatic amines is 1. The average Bonchev–Trinajstić information content (AvgIpc) is 2.54. The van der Waals surface area contributed by atoms with Gasteiger partial charge in [-0.25, -0.2) is 13.4 Å². The molecule has 15 heavy (non-hydrogen) atoms. The molecule has 86 valence electrons. The van der Waals surface area contributed by atoms with Gasteiger partial charge in [0.2, 0.25) is 0 Å². The van der Waals surface area contributed by atoms with Crippen LogP contribution in [0.3, 0.4) is 0 Å². The predicted molar refractivity (Wildman–Crippen MR) is 57.2 cm³/mol. The number of aromatic nitrogens is 2. The molecule has 0 saturated heterocycles. The Morgan fingerprint density at radius 1 is 1.60 bits per heavy atom. The zero-order valence-corrected chi connectivity index (χ0v) is 9.87. The first-order valence-corrected chi connectivity index (χ1v) is 6.50. The molecular formula is C9H16N2O3S. The Labute approximate surface area is 89.5 Å². The monoisotopic (exact) mass is 232 g/mol. The van der Waals surface area contributed by atoms with Crippen LogP contribution in [0.1, 0.15) is 19.7 Å². The number of imidazole rings is 1. The summed E-state index contributed by atoms with van der Waals surface area (Å²) in [4.78, 5) is 6.77. The quantitative estimate of drug-likeness (QED) is 0.773. The first-order chi connectivity index (χ1) is 6.75. The molecular weight excluding hydrogens is 216 g/mol. The number of hydrogen-bond acceptors (Lipinski definition) is 4. The van der Waals surface area contributed by atoms with Crippen molar-refractivity contribution in [1.29, 1.82) is 0 Å². The van der Waals surface area contributed by atoms with Gasteiger partial charge in [-0.05, 0) is 13.8 Å². The number of aliphatic hydroxyl groups excluding tert-OH is 1. The van der Waals surface area contributed by atoms with Crippen LogP contribution in [0.2, 0.25) is 0 Å². The van der Waals surface area contributed by atoms with Gasteiger partial charge in [0.25, 0.3) is 0 Å². The highest BCUT2D eigenvalue weighted by atomic mass is 32.2. The minimum atomic E-state index is -3.30. The van der Waals surface area contributed by atoms with Crippen LogP contribution in [0.15, 0.2) is 12.4 Å². The summed E-state index contributed by atoms with van der Waals surface area (Å²) in [6.07, 6.45) is 3.55. The smallest absolute Gasteiger partial charge is 0.155 e. The van der Waals surface area contributed by atoms with Crippen LogP contribution in [0, 0.1) is 0 Å². The Morgan fingerprint density at radius 2 is 2.20 bits per heavy atom. The molecule has 1 atom stereocenters. The van der Waals surface area contributed by atoms with Crippen molar-refractivity contribution in [3.63, 3.8) is 0 Å². The van der Waals surface area contributed by atoms with E-state index in [2.05, 4.69) is 9.97 Å². The molecule has 2 N–H and O–H groups in total. The van der Waals surface area contributed by atoms with Gasteiger partial charge in [0.05, 0.1) is 10.9 Å². The lowest BCUT2D eigenvalue weighted by molar-refractivity contribution is 0.136. The maximum atomic E-state index is 11.4. The van der Waals surface area contributed by atoms with Crippen molar-refractivity contribution in [3.05, 3.63) is 18.2 Å². The third-order valence-electron chi connectivity index (χ3n) is 2.70. The fourth-order valence-electron chi connectivity index (χ4n) is 1.09. The van der Waals surface area contributed by atoms with Crippen molar-refractivity contribution in [2.75, 3.05) is 6.26 Å². The third kappa shape index (κ3) is 2.57. The van der Waals surface area contributed by atoms with Crippen LogP contribution >= 0.6 is 0 Å². The number of aliphatic hydroxyl groups is 1. The summed E-state index contributed by atoms with van der Waals surface area (Å²) in [5, 5.41) is 9.85. The van der Waals surface area contributed by atoms with Crippen molar-refractivity contribution < 1.29 is 13.5 Å². The molecule has 0 aliphatic heterocycles. The standard InChI is InChI=1S/C9H16N2O3S/c1-9(2,15(3,13)14)7(12)6-8-10-4-5-11-8/h4-5,7,12H,6H2,1-3H3,(H,10,11). The number of hydrogen-bond donors (Lipinski definition) is 2.